The highest BCUT2D eigenvalue weighted by Crippen LogP contribution is 2.42. The maximum absolute atomic E-state index is 12.9. The van der Waals surface area contributed by atoms with Gasteiger partial charge in [0.1, 0.15) is 10.5 Å². The standard InChI is InChI=1S/C23H25N5O3S/c1-14-17(12-24-27-14)19-11-18-20(32-19)21(29)26-23(25-18)9-7-16(8-10-23)28(22(30)31)13-15-5-3-2-4-6-15/h2-6,11-12,16,25H,7-10,13H2,1H3,(H,24,27)(H,26,29)(H,30,31). The molecule has 4 N–H and O–H groups in total. The summed E-state index contributed by atoms with van der Waals surface area (Å²) in [7, 11) is 0. The molecule has 0 bridgehead atoms. The Morgan fingerprint density at radius 2 is 2.00 bits per heavy atom. The zero-order valence-electron chi connectivity index (χ0n) is 17.7. The third kappa shape index (κ3) is 3.73. The number of benzene rings is 1. The van der Waals surface area contributed by atoms with E-state index in [2.05, 4.69) is 20.8 Å². The third-order valence-corrected chi connectivity index (χ3v) is 7.62. The number of nitrogens with one attached hydrogen (secondary N) is 3. The van der Waals surface area contributed by atoms with Gasteiger partial charge in [-0.1, -0.05) is 30.3 Å². The number of anilines is 1. The number of aromatic amines is 1. The number of thiophene rings is 1. The van der Waals surface area contributed by atoms with Gasteiger partial charge in [0.05, 0.1) is 11.9 Å². The first-order chi connectivity index (χ1) is 15.4. The van der Waals surface area contributed by atoms with Crippen LogP contribution in [0.5, 0.6) is 0 Å². The summed E-state index contributed by atoms with van der Waals surface area (Å²) in [4.78, 5) is 28.1. The summed E-state index contributed by atoms with van der Waals surface area (Å²) in [6.45, 7) is 2.33. The van der Waals surface area contributed by atoms with Crippen LogP contribution < -0.4 is 10.6 Å². The topological polar surface area (TPSA) is 110 Å². The van der Waals surface area contributed by atoms with E-state index in [0.29, 0.717) is 37.1 Å². The fourth-order valence-corrected chi connectivity index (χ4v) is 5.81. The molecule has 9 heteroatoms. The molecular weight excluding hydrogens is 426 g/mol. The van der Waals surface area contributed by atoms with E-state index in [0.717, 1.165) is 27.4 Å². The second-order valence-electron chi connectivity index (χ2n) is 8.55. The predicted octanol–water partition coefficient (Wildman–Crippen LogP) is 4.42. The number of aryl methyl sites for hydroxylation is 1. The van der Waals surface area contributed by atoms with E-state index in [4.69, 9.17) is 0 Å². The maximum Gasteiger partial charge on any atom is 0.407 e. The first kappa shape index (κ1) is 20.6. The first-order valence-electron chi connectivity index (χ1n) is 10.7. The minimum absolute atomic E-state index is 0.0750. The zero-order chi connectivity index (χ0) is 22.3. The van der Waals surface area contributed by atoms with Crippen LogP contribution in [0, 0.1) is 6.92 Å². The highest BCUT2D eigenvalue weighted by atomic mass is 32.1. The number of carboxylic acid groups (broad SMARTS) is 1. The van der Waals surface area contributed by atoms with Crippen molar-refractivity contribution in [3.63, 3.8) is 0 Å². The van der Waals surface area contributed by atoms with Crippen LogP contribution in [0.1, 0.15) is 46.6 Å². The lowest BCUT2D eigenvalue weighted by atomic mass is 9.83. The van der Waals surface area contributed by atoms with Crippen LogP contribution in [0.2, 0.25) is 0 Å². The number of carbonyl (C=O) groups is 2. The van der Waals surface area contributed by atoms with Crippen molar-refractivity contribution in [1.29, 1.82) is 0 Å². The van der Waals surface area contributed by atoms with E-state index < -0.39 is 11.8 Å². The smallest absolute Gasteiger partial charge is 0.407 e. The van der Waals surface area contributed by atoms with Crippen LogP contribution in [-0.4, -0.2) is 43.9 Å². The minimum Gasteiger partial charge on any atom is -0.465 e. The third-order valence-electron chi connectivity index (χ3n) is 6.45. The van der Waals surface area contributed by atoms with Crippen molar-refractivity contribution in [1.82, 2.24) is 20.4 Å². The molecular formula is C23H25N5O3S. The second kappa shape index (κ2) is 7.98. The van der Waals surface area contributed by atoms with Gasteiger partial charge >= 0.3 is 6.09 Å². The Morgan fingerprint density at radius 3 is 2.66 bits per heavy atom. The maximum atomic E-state index is 12.9. The van der Waals surface area contributed by atoms with Gasteiger partial charge in [-0.2, -0.15) is 5.10 Å². The van der Waals surface area contributed by atoms with Crippen molar-refractivity contribution in [2.45, 2.75) is 50.9 Å². The summed E-state index contributed by atoms with van der Waals surface area (Å²) in [5.41, 5.74) is 3.24. The van der Waals surface area contributed by atoms with Gasteiger partial charge in [-0.15, -0.1) is 11.3 Å². The fraction of sp³-hybridized carbons (Fsp3) is 0.348. The number of hydrogen-bond donors (Lipinski definition) is 4. The van der Waals surface area contributed by atoms with Crippen LogP contribution in [0.15, 0.2) is 42.6 Å². The average Bonchev–Trinajstić information content (AvgIpc) is 3.39. The highest BCUT2D eigenvalue weighted by Gasteiger charge is 2.43. The SMILES string of the molecule is Cc1[nH]ncc1-c1cc2c(s1)C(=O)NC1(CCC(N(Cc3ccccc3)C(=O)O)CC1)N2. The molecule has 32 heavy (non-hydrogen) atoms. The highest BCUT2D eigenvalue weighted by molar-refractivity contribution is 7.18. The molecule has 3 heterocycles. The zero-order valence-corrected chi connectivity index (χ0v) is 18.5. The summed E-state index contributed by atoms with van der Waals surface area (Å²) in [5.74, 6) is -0.0750. The molecule has 1 saturated carbocycles. The molecule has 2 aliphatic rings. The number of amides is 2. The molecule has 1 aromatic carbocycles. The molecule has 3 aromatic rings. The van der Waals surface area contributed by atoms with Gasteiger partial charge in [-0.25, -0.2) is 4.79 Å². The molecule has 0 saturated heterocycles. The van der Waals surface area contributed by atoms with E-state index in [1.165, 1.54) is 16.2 Å². The number of rotatable bonds is 4. The van der Waals surface area contributed by atoms with Gasteiger partial charge in [0, 0.05) is 28.7 Å². The van der Waals surface area contributed by atoms with Gasteiger partial charge in [0.2, 0.25) is 0 Å². The summed E-state index contributed by atoms with van der Waals surface area (Å²) in [5, 5.41) is 23.6. The molecule has 2 amide bonds. The lowest BCUT2D eigenvalue weighted by molar-refractivity contribution is 0.0766. The van der Waals surface area contributed by atoms with Gasteiger partial charge < -0.3 is 20.6 Å². The number of H-pyrrole nitrogens is 1. The lowest BCUT2D eigenvalue weighted by Crippen LogP contribution is -2.60. The summed E-state index contributed by atoms with van der Waals surface area (Å²) >= 11 is 1.45. The van der Waals surface area contributed by atoms with E-state index in [-0.39, 0.29) is 11.9 Å². The Morgan fingerprint density at radius 1 is 1.25 bits per heavy atom. The summed E-state index contributed by atoms with van der Waals surface area (Å²) in [6.07, 6.45) is 3.56. The van der Waals surface area contributed by atoms with Crippen LogP contribution >= 0.6 is 11.3 Å². The van der Waals surface area contributed by atoms with Gasteiger partial charge in [0.15, 0.2) is 0 Å². The van der Waals surface area contributed by atoms with Crippen molar-refractivity contribution >= 4 is 29.0 Å². The van der Waals surface area contributed by atoms with E-state index in [9.17, 15) is 14.7 Å². The van der Waals surface area contributed by atoms with E-state index in [1.54, 1.807) is 6.20 Å². The molecule has 1 spiro atoms. The number of hydrogen-bond acceptors (Lipinski definition) is 5. The van der Waals surface area contributed by atoms with Crippen LogP contribution in [0.25, 0.3) is 10.4 Å². The normalized spacial score (nSPS) is 22.2. The van der Waals surface area contributed by atoms with Crippen molar-refractivity contribution in [3.05, 3.63) is 58.7 Å². The Bertz CT molecular complexity index is 1150. The van der Waals surface area contributed by atoms with Crippen LogP contribution in [0.3, 0.4) is 0 Å². The second-order valence-corrected chi connectivity index (χ2v) is 9.60. The summed E-state index contributed by atoms with van der Waals surface area (Å²) in [6, 6.07) is 11.6. The molecule has 1 aliphatic heterocycles. The predicted molar refractivity (Wildman–Crippen MR) is 123 cm³/mol. The van der Waals surface area contributed by atoms with Gasteiger partial charge in [-0.05, 0) is 44.2 Å². The molecule has 0 atom stereocenters. The molecule has 0 unspecified atom stereocenters. The van der Waals surface area contributed by atoms with E-state index in [1.807, 2.05) is 43.3 Å². The van der Waals surface area contributed by atoms with Crippen molar-refractivity contribution < 1.29 is 14.7 Å². The molecule has 166 valence electrons. The first-order valence-corrected chi connectivity index (χ1v) is 11.5. The number of aromatic nitrogens is 2. The Hall–Kier alpha value is -3.33. The molecule has 5 rings (SSSR count). The molecule has 1 fully saturated rings. The van der Waals surface area contributed by atoms with Crippen molar-refractivity contribution in [3.8, 4) is 10.4 Å². The Labute approximate surface area is 189 Å². The fourth-order valence-electron chi connectivity index (χ4n) is 4.74. The lowest BCUT2D eigenvalue weighted by Gasteiger charge is -2.45. The Kier molecular flexibility index (Phi) is 5.13. The number of fused-ring (bicyclic) bond motifs is 1. The monoisotopic (exact) mass is 451 g/mol. The minimum atomic E-state index is -0.907. The van der Waals surface area contributed by atoms with Gasteiger partial charge in [0.25, 0.3) is 5.91 Å². The van der Waals surface area contributed by atoms with Gasteiger partial charge in [-0.3, -0.25) is 9.89 Å². The average molecular weight is 452 g/mol. The molecule has 8 nitrogen and oxygen atoms in total. The number of nitrogens with zero attached hydrogens (tertiary/aromatic N) is 2. The van der Waals surface area contributed by atoms with Crippen LogP contribution in [0.4, 0.5) is 10.5 Å². The number of carbonyl (C=O) groups excluding carboxylic acids is 1. The largest absolute Gasteiger partial charge is 0.465 e. The van der Waals surface area contributed by atoms with E-state index >= 15 is 0 Å². The molecule has 2 aromatic heterocycles. The van der Waals surface area contributed by atoms with Crippen molar-refractivity contribution in [2.24, 2.45) is 0 Å². The van der Waals surface area contributed by atoms with Crippen molar-refractivity contribution in [2.75, 3.05) is 5.32 Å². The Balaban J connectivity index is 1.31. The molecule has 1 aliphatic carbocycles. The van der Waals surface area contributed by atoms with Crippen LogP contribution in [-0.2, 0) is 6.54 Å². The summed E-state index contributed by atoms with van der Waals surface area (Å²) < 4.78 is 0. The quantitative estimate of drug-likeness (QED) is 0.469. The molecule has 0 radical (unpaired) electrons.